The quantitative estimate of drug-likeness (QED) is 0.183. The summed E-state index contributed by atoms with van der Waals surface area (Å²) in [4.78, 5) is 2.36. The van der Waals surface area contributed by atoms with E-state index < -0.39 is 7.12 Å². The molecule has 5 heteroatoms. The lowest BCUT2D eigenvalue weighted by atomic mass is 9.78. The van der Waals surface area contributed by atoms with Gasteiger partial charge in [-0.3, -0.25) is 0 Å². The molecule has 0 bridgehead atoms. The number of rotatable bonds is 5. The third-order valence-corrected chi connectivity index (χ3v) is 10.6. The highest BCUT2D eigenvalue weighted by Crippen LogP contribution is 2.42. The summed E-state index contributed by atoms with van der Waals surface area (Å²) >= 11 is 1.83. The minimum absolute atomic E-state index is 0.382. The highest BCUT2D eigenvalue weighted by Gasteiger charge is 2.51. The fourth-order valence-corrected chi connectivity index (χ4v) is 7.31. The van der Waals surface area contributed by atoms with Gasteiger partial charge in [-0.05, 0) is 104 Å². The molecule has 6 aromatic carbocycles. The standard InChI is InChI=1S/C40H34BNO2S/c1-39(2)40(3,4)44-41(43-39)31-17-22-37-35(25-31)36-26-34(21-23-38(36)45-37)42(33-20-16-28-12-8-9-13-30(28)24-33)32-18-14-29(15-19-32)27-10-6-5-7-11-27/h5-26H,1-4H3. The van der Waals surface area contributed by atoms with Gasteiger partial charge in [-0.1, -0.05) is 84.9 Å². The Morgan fingerprint density at radius 1 is 0.511 bits per heavy atom. The van der Waals surface area contributed by atoms with Gasteiger partial charge in [0.2, 0.25) is 0 Å². The van der Waals surface area contributed by atoms with E-state index in [1.165, 1.54) is 42.1 Å². The van der Waals surface area contributed by atoms with E-state index in [4.69, 9.17) is 9.31 Å². The maximum absolute atomic E-state index is 6.41. The monoisotopic (exact) mass is 603 g/mol. The molecule has 0 unspecified atom stereocenters. The molecule has 0 saturated carbocycles. The average molecular weight is 604 g/mol. The van der Waals surface area contributed by atoms with E-state index in [1.807, 2.05) is 11.3 Å². The van der Waals surface area contributed by atoms with E-state index in [9.17, 15) is 0 Å². The van der Waals surface area contributed by atoms with Gasteiger partial charge in [-0.25, -0.2) is 0 Å². The second kappa shape index (κ2) is 10.6. The Labute approximate surface area is 268 Å². The van der Waals surface area contributed by atoms with Gasteiger partial charge < -0.3 is 14.2 Å². The van der Waals surface area contributed by atoms with Crippen molar-refractivity contribution in [1.29, 1.82) is 0 Å². The number of hydrogen-bond donors (Lipinski definition) is 0. The molecule has 0 atom stereocenters. The number of benzene rings is 6. The molecule has 0 amide bonds. The molecule has 7 aromatic rings. The van der Waals surface area contributed by atoms with Crippen molar-refractivity contribution in [2.75, 3.05) is 4.90 Å². The molecular formula is C40H34BNO2S. The third-order valence-electron chi connectivity index (χ3n) is 9.48. The Bertz CT molecular complexity index is 2170. The molecule has 220 valence electrons. The van der Waals surface area contributed by atoms with Crippen molar-refractivity contribution >= 4 is 71.9 Å². The molecule has 1 aromatic heterocycles. The zero-order valence-electron chi connectivity index (χ0n) is 26.0. The van der Waals surface area contributed by atoms with Crippen LogP contribution in [0.1, 0.15) is 27.7 Å². The first kappa shape index (κ1) is 28.1. The van der Waals surface area contributed by atoms with Crippen molar-refractivity contribution in [3.05, 3.63) is 133 Å². The van der Waals surface area contributed by atoms with Crippen LogP contribution in [0.15, 0.2) is 133 Å². The van der Waals surface area contributed by atoms with E-state index in [1.54, 1.807) is 0 Å². The summed E-state index contributed by atoms with van der Waals surface area (Å²) in [7, 11) is -0.394. The highest BCUT2D eigenvalue weighted by atomic mass is 32.1. The van der Waals surface area contributed by atoms with E-state index >= 15 is 0 Å². The summed E-state index contributed by atoms with van der Waals surface area (Å²) in [5.41, 5.74) is 6.05. The molecule has 3 nitrogen and oxygen atoms in total. The van der Waals surface area contributed by atoms with Crippen LogP contribution >= 0.6 is 11.3 Å². The summed E-state index contributed by atoms with van der Waals surface area (Å²) in [5, 5.41) is 4.91. The molecule has 0 spiro atoms. The Kier molecular flexibility index (Phi) is 6.61. The number of hydrogen-bond acceptors (Lipinski definition) is 4. The second-order valence-corrected chi connectivity index (χ2v) is 14.0. The predicted octanol–water partition coefficient (Wildman–Crippen LogP) is 10.6. The van der Waals surface area contributed by atoms with Crippen LogP contribution in [-0.4, -0.2) is 18.3 Å². The zero-order valence-corrected chi connectivity index (χ0v) is 26.8. The molecular weight excluding hydrogens is 569 g/mol. The van der Waals surface area contributed by atoms with Crippen molar-refractivity contribution in [3.63, 3.8) is 0 Å². The van der Waals surface area contributed by atoms with Crippen LogP contribution in [0, 0.1) is 0 Å². The van der Waals surface area contributed by atoms with Crippen molar-refractivity contribution in [2.24, 2.45) is 0 Å². The summed E-state index contributed by atoms with van der Waals surface area (Å²) in [6, 6.07) is 48.2. The largest absolute Gasteiger partial charge is 0.494 e. The molecule has 2 heterocycles. The molecule has 0 N–H and O–H groups in total. The maximum Gasteiger partial charge on any atom is 0.494 e. The van der Waals surface area contributed by atoms with E-state index in [2.05, 4.69) is 166 Å². The van der Waals surface area contributed by atoms with Crippen molar-refractivity contribution < 1.29 is 9.31 Å². The lowest BCUT2D eigenvalue weighted by Crippen LogP contribution is -2.41. The van der Waals surface area contributed by atoms with Gasteiger partial charge in [0.05, 0.1) is 11.2 Å². The van der Waals surface area contributed by atoms with Gasteiger partial charge >= 0.3 is 7.12 Å². The Morgan fingerprint density at radius 3 is 1.80 bits per heavy atom. The van der Waals surface area contributed by atoms with Gasteiger partial charge in [0.1, 0.15) is 0 Å². The van der Waals surface area contributed by atoms with Crippen LogP contribution in [-0.2, 0) is 9.31 Å². The molecule has 0 aliphatic carbocycles. The van der Waals surface area contributed by atoms with Gasteiger partial charge in [0.25, 0.3) is 0 Å². The van der Waals surface area contributed by atoms with Gasteiger partial charge in [0, 0.05) is 37.2 Å². The SMILES string of the molecule is CC1(C)OB(c2ccc3sc4ccc(N(c5ccc(-c6ccccc6)cc5)c5ccc6ccccc6c5)cc4c3c2)OC1(C)C. The number of thiophene rings is 1. The minimum Gasteiger partial charge on any atom is -0.399 e. The fourth-order valence-electron chi connectivity index (χ4n) is 6.24. The Morgan fingerprint density at radius 2 is 1.07 bits per heavy atom. The van der Waals surface area contributed by atoms with Gasteiger partial charge in [-0.15, -0.1) is 11.3 Å². The van der Waals surface area contributed by atoms with Crippen molar-refractivity contribution in [1.82, 2.24) is 0 Å². The first-order valence-electron chi connectivity index (χ1n) is 15.5. The van der Waals surface area contributed by atoms with Gasteiger partial charge in [-0.2, -0.15) is 0 Å². The molecule has 1 aliphatic heterocycles. The van der Waals surface area contributed by atoms with Crippen LogP contribution in [0.2, 0.25) is 0 Å². The first-order valence-corrected chi connectivity index (χ1v) is 16.3. The van der Waals surface area contributed by atoms with E-state index in [-0.39, 0.29) is 11.2 Å². The van der Waals surface area contributed by atoms with Crippen molar-refractivity contribution in [3.8, 4) is 11.1 Å². The molecule has 8 rings (SSSR count). The highest BCUT2D eigenvalue weighted by molar-refractivity contribution is 7.25. The summed E-state index contributed by atoms with van der Waals surface area (Å²) in [6.45, 7) is 8.41. The Hall–Kier alpha value is -4.42. The minimum atomic E-state index is -0.394. The lowest BCUT2D eigenvalue weighted by molar-refractivity contribution is 0.00578. The number of anilines is 3. The van der Waals surface area contributed by atoms with Gasteiger partial charge in [0.15, 0.2) is 0 Å². The predicted molar refractivity (Wildman–Crippen MR) is 193 cm³/mol. The van der Waals surface area contributed by atoms with Crippen LogP contribution in [0.4, 0.5) is 17.1 Å². The second-order valence-electron chi connectivity index (χ2n) is 12.9. The van der Waals surface area contributed by atoms with Crippen LogP contribution in [0.5, 0.6) is 0 Å². The fraction of sp³-hybridized carbons (Fsp3) is 0.150. The summed E-state index contributed by atoms with van der Waals surface area (Å²) in [6.07, 6.45) is 0. The average Bonchev–Trinajstić information content (AvgIpc) is 3.53. The van der Waals surface area contributed by atoms with Crippen LogP contribution in [0.3, 0.4) is 0 Å². The Balaban J connectivity index is 1.25. The molecule has 1 saturated heterocycles. The normalized spacial score (nSPS) is 15.7. The number of nitrogens with zero attached hydrogens (tertiary/aromatic N) is 1. The lowest BCUT2D eigenvalue weighted by Gasteiger charge is -2.32. The van der Waals surface area contributed by atoms with Crippen molar-refractivity contribution in [2.45, 2.75) is 38.9 Å². The first-order chi connectivity index (χ1) is 21.8. The molecule has 1 aliphatic rings. The topological polar surface area (TPSA) is 21.7 Å². The summed E-state index contributed by atoms with van der Waals surface area (Å²) < 4.78 is 15.3. The third kappa shape index (κ3) is 4.92. The van der Waals surface area contributed by atoms with Crippen LogP contribution in [0.25, 0.3) is 42.1 Å². The smallest absolute Gasteiger partial charge is 0.399 e. The number of fused-ring (bicyclic) bond motifs is 4. The zero-order chi connectivity index (χ0) is 30.8. The molecule has 45 heavy (non-hydrogen) atoms. The van der Waals surface area contributed by atoms with E-state index in [0.717, 1.165) is 22.5 Å². The molecule has 1 fully saturated rings. The summed E-state index contributed by atoms with van der Waals surface area (Å²) in [5.74, 6) is 0. The van der Waals surface area contributed by atoms with Crippen LogP contribution < -0.4 is 10.4 Å². The van der Waals surface area contributed by atoms with E-state index in [0.29, 0.717) is 0 Å². The maximum atomic E-state index is 6.41. The molecule has 0 radical (unpaired) electrons.